The maximum Gasteiger partial charge on any atom is 0.0670 e. The Bertz CT molecular complexity index is 712. The molecule has 0 aromatic heterocycles. The van der Waals surface area contributed by atoms with E-state index in [1.54, 1.807) is 0 Å². The van der Waals surface area contributed by atoms with Crippen LogP contribution < -0.4 is 5.32 Å². The lowest BCUT2D eigenvalue weighted by molar-refractivity contribution is 0.214. The van der Waals surface area contributed by atoms with Crippen molar-refractivity contribution in [3.8, 4) is 0 Å². The summed E-state index contributed by atoms with van der Waals surface area (Å²) in [6.45, 7) is 0. The zero-order chi connectivity index (χ0) is 17.4. The Morgan fingerprint density at radius 3 is 1.64 bits per heavy atom. The van der Waals surface area contributed by atoms with Crippen molar-refractivity contribution in [3.05, 3.63) is 68.6 Å². The minimum Gasteiger partial charge on any atom is -0.411 e. The monoisotopic (exact) mass is 462 g/mol. The van der Waals surface area contributed by atoms with Crippen LogP contribution in [0.15, 0.2) is 62.6 Å². The number of fused-ring (bicyclic) bond motifs is 2. The molecule has 1 saturated carbocycles. The summed E-state index contributed by atoms with van der Waals surface area (Å²) in [5.74, 6) is 0.522. The van der Waals surface area contributed by atoms with E-state index in [2.05, 4.69) is 90.9 Å². The number of benzene rings is 2. The molecular formula is C20H20Br2N2O. The van der Waals surface area contributed by atoms with Crippen LogP contribution in [0.5, 0.6) is 0 Å². The molecule has 2 fully saturated rings. The summed E-state index contributed by atoms with van der Waals surface area (Å²) in [6, 6.07) is 17.3. The molecule has 1 aliphatic heterocycles. The van der Waals surface area contributed by atoms with Crippen molar-refractivity contribution in [2.45, 2.75) is 31.3 Å². The predicted molar refractivity (Wildman–Crippen MR) is 107 cm³/mol. The molecule has 2 bridgehead atoms. The van der Waals surface area contributed by atoms with Gasteiger partial charge in [-0.3, -0.25) is 0 Å². The second-order valence-corrected chi connectivity index (χ2v) is 8.73. The van der Waals surface area contributed by atoms with Crippen molar-refractivity contribution < 1.29 is 5.21 Å². The van der Waals surface area contributed by atoms with E-state index in [-0.39, 0.29) is 23.9 Å². The third kappa shape index (κ3) is 3.29. The summed E-state index contributed by atoms with van der Waals surface area (Å²) in [7, 11) is 0. The van der Waals surface area contributed by atoms with Crippen molar-refractivity contribution in [1.29, 1.82) is 0 Å². The molecule has 1 saturated heterocycles. The number of oxime groups is 1. The second kappa shape index (κ2) is 7.22. The number of hydrogen-bond acceptors (Lipinski definition) is 3. The first kappa shape index (κ1) is 17.3. The van der Waals surface area contributed by atoms with E-state index in [1.165, 1.54) is 17.5 Å². The van der Waals surface area contributed by atoms with Crippen molar-refractivity contribution in [2.24, 2.45) is 17.0 Å². The first-order valence-electron chi connectivity index (χ1n) is 8.66. The van der Waals surface area contributed by atoms with Crippen LogP contribution in [-0.2, 0) is 0 Å². The van der Waals surface area contributed by atoms with E-state index < -0.39 is 0 Å². The van der Waals surface area contributed by atoms with Gasteiger partial charge >= 0.3 is 0 Å². The van der Waals surface area contributed by atoms with Crippen LogP contribution >= 0.6 is 31.9 Å². The van der Waals surface area contributed by atoms with Crippen molar-refractivity contribution in [2.75, 3.05) is 0 Å². The summed E-state index contributed by atoms with van der Waals surface area (Å²) in [5.41, 5.74) is 3.46. The molecule has 130 valence electrons. The van der Waals surface area contributed by atoms with E-state index >= 15 is 0 Å². The molecule has 1 heterocycles. The molecule has 0 radical (unpaired) electrons. The number of hydrogen-bond donors (Lipinski definition) is 2. The lowest BCUT2D eigenvalue weighted by Gasteiger charge is -2.47. The number of nitrogens with zero attached hydrogens (tertiary/aromatic N) is 1. The third-order valence-electron chi connectivity index (χ3n) is 5.53. The molecule has 4 atom stereocenters. The third-order valence-corrected chi connectivity index (χ3v) is 6.58. The Hall–Kier alpha value is -1.17. The average Bonchev–Trinajstić information content (AvgIpc) is 2.63. The van der Waals surface area contributed by atoms with E-state index in [4.69, 9.17) is 0 Å². The zero-order valence-corrected chi connectivity index (χ0v) is 16.9. The molecule has 5 heteroatoms. The van der Waals surface area contributed by atoms with Gasteiger partial charge in [-0.15, -0.1) is 0 Å². The maximum absolute atomic E-state index is 9.76. The highest BCUT2D eigenvalue weighted by molar-refractivity contribution is 9.10. The van der Waals surface area contributed by atoms with Gasteiger partial charge < -0.3 is 10.5 Å². The number of piperidine rings is 1. The van der Waals surface area contributed by atoms with E-state index in [0.717, 1.165) is 27.5 Å². The predicted octanol–water partition coefficient (Wildman–Crippen LogP) is 5.84. The molecule has 1 aliphatic carbocycles. The molecule has 2 aromatic rings. The standard InChI is InChI=1S/C20H20Br2N2O/c21-14-8-4-12(5-9-14)18-16-2-1-3-17(20(16)24-25)19(23-18)13-6-10-15(22)11-7-13/h4-11,16-19,23,25H,1-3H2/t16-,17+,18?,19?. The Morgan fingerprint density at radius 1 is 0.800 bits per heavy atom. The zero-order valence-electron chi connectivity index (χ0n) is 13.7. The Labute approximate surface area is 164 Å². The molecule has 3 nitrogen and oxygen atoms in total. The highest BCUT2D eigenvalue weighted by Gasteiger charge is 2.45. The highest BCUT2D eigenvalue weighted by atomic mass is 79.9. The van der Waals surface area contributed by atoms with Gasteiger partial charge in [-0.1, -0.05) is 67.7 Å². The number of halogens is 2. The van der Waals surface area contributed by atoms with Crippen LogP contribution in [0.4, 0.5) is 0 Å². The van der Waals surface area contributed by atoms with Crippen LogP contribution in [0.3, 0.4) is 0 Å². The fourth-order valence-corrected chi connectivity index (χ4v) is 4.90. The average molecular weight is 464 g/mol. The lowest BCUT2D eigenvalue weighted by atomic mass is 9.67. The van der Waals surface area contributed by atoms with Gasteiger partial charge in [0.2, 0.25) is 0 Å². The van der Waals surface area contributed by atoms with Gasteiger partial charge in [-0.25, -0.2) is 0 Å². The van der Waals surface area contributed by atoms with Gasteiger partial charge in [0.05, 0.1) is 5.71 Å². The SMILES string of the molecule is ON=C1[C@H]2CCC[C@@H]1C(c1ccc(Br)cc1)NC2c1ccc(Br)cc1. The first-order valence-corrected chi connectivity index (χ1v) is 10.2. The molecule has 25 heavy (non-hydrogen) atoms. The lowest BCUT2D eigenvalue weighted by Crippen LogP contribution is -2.50. The second-order valence-electron chi connectivity index (χ2n) is 6.89. The van der Waals surface area contributed by atoms with Crippen LogP contribution in [0.25, 0.3) is 0 Å². The Kier molecular flexibility index (Phi) is 4.98. The summed E-state index contributed by atoms with van der Waals surface area (Å²) in [4.78, 5) is 0. The molecule has 4 rings (SSSR count). The molecule has 2 N–H and O–H groups in total. The topological polar surface area (TPSA) is 44.6 Å². The van der Waals surface area contributed by atoms with E-state index in [9.17, 15) is 5.21 Å². The van der Waals surface area contributed by atoms with Gasteiger partial charge in [0, 0.05) is 32.9 Å². The fourth-order valence-electron chi connectivity index (χ4n) is 4.37. The van der Waals surface area contributed by atoms with Gasteiger partial charge in [0.25, 0.3) is 0 Å². The normalized spacial score (nSPS) is 30.4. The molecule has 2 aromatic carbocycles. The summed E-state index contributed by atoms with van der Waals surface area (Å²) in [6.07, 6.45) is 3.31. The summed E-state index contributed by atoms with van der Waals surface area (Å²) in [5, 5.41) is 17.4. The van der Waals surface area contributed by atoms with Crippen LogP contribution in [-0.4, -0.2) is 10.9 Å². The van der Waals surface area contributed by atoms with Crippen LogP contribution in [0.2, 0.25) is 0 Å². The quantitative estimate of drug-likeness (QED) is 0.433. The largest absolute Gasteiger partial charge is 0.411 e. The molecular weight excluding hydrogens is 444 g/mol. The molecule has 0 amide bonds. The molecule has 2 aliphatic rings. The maximum atomic E-state index is 9.76. The van der Waals surface area contributed by atoms with Gasteiger partial charge in [-0.05, 0) is 48.2 Å². The summed E-state index contributed by atoms with van der Waals surface area (Å²) < 4.78 is 2.16. The fraction of sp³-hybridized carbons (Fsp3) is 0.350. The number of rotatable bonds is 2. The van der Waals surface area contributed by atoms with Gasteiger partial charge in [0.1, 0.15) is 0 Å². The van der Waals surface area contributed by atoms with Crippen molar-refractivity contribution >= 4 is 37.6 Å². The molecule has 0 spiro atoms. The van der Waals surface area contributed by atoms with Gasteiger partial charge in [0.15, 0.2) is 0 Å². The Balaban J connectivity index is 1.74. The minimum atomic E-state index is 0.171. The van der Waals surface area contributed by atoms with Crippen molar-refractivity contribution in [1.82, 2.24) is 5.32 Å². The molecule has 2 unspecified atom stereocenters. The van der Waals surface area contributed by atoms with E-state index in [1.807, 2.05) is 0 Å². The summed E-state index contributed by atoms with van der Waals surface area (Å²) >= 11 is 7.03. The number of nitrogens with one attached hydrogen (secondary N) is 1. The minimum absolute atomic E-state index is 0.171. The Morgan fingerprint density at radius 2 is 1.24 bits per heavy atom. The first-order chi connectivity index (χ1) is 12.2. The van der Waals surface area contributed by atoms with Crippen LogP contribution in [0, 0.1) is 11.8 Å². The van der Waals surface area contributed by atoms with Crippen LogP contribution in [0.1, 0.15) is 42.5 Å². The smallest absolute Gasteiger partial charge is 0.0670 e. The van der Waals surface area contributed by atoms with E-state index in [0.29, 0.717) is 0 Å². The van der Waals surface area contributed by atoms with Gasteiger partial charge in [-0.2, -0.15) is 0 Å². The highest BCUT2D eigenvalue weighted by Crippen LogP contribution is 2.46. The van der Waals surface area contributed by atoms with Crippen molar-refractivity contribution in [3.63, 3.8) is 0 Å².